The van der Waals surface area contributed by atoms with Crippen LogP contribution in [0.3, 0.4) is 0 Å². The molecule has 3 aromatic heterocycles. The van der Waals surface area contributed by atoms with Crippen LogP contribution in [0.5, 0.6) is 5.75 Å². The maximum Gasteiger partial charge on any atom is 0.270 e. The Hall–Kier alpha value is -5.52. The highest BCUT2D eigenvalue weighted by Crippen LogP contribution is 2.38. The van der Waals surface area contributed by atoms with Crippen molar-refractivity contribution in [2.75, 3.05) is 51.3 Å². The number of fused-ring (bicyclic) bond motifs is 1. The zero-order chi connectivity index (χ0) is 33.9. The highest BCUT2D eigenvalue weighted by atomic mass is 19.1. The molecular formula is C37H39FN8O3. The number of nitrogens with one attached hydrogen (secondary N) is 1. The number of carbonyl (C=O) groups excluding carboxylic acids is 2. The van der Waals surface area contributed by atoms with Gasteiger partial charge >= 0.3 is 0 Å². The van der Waals surface area contributed by atoms with Crippen molar-refractivity contribution in [2.24, 2.45) is 0 Å². The summed E-state index contributed by atoms with van der Waals surface area (Å²) in [6.45, 7) is 5.55. The second-order valence-corrected chi connectivity index (χ2v) is 12.3. The van der Waals surface area contributed by atoms with Crippen molar-refractivity contribution in [1.29, 1.82) is 0 Å². The fourth-order valence-electron chi connectivity index (χ4n) is 6.87. The van der Waals surface area contributed by atoms with E-state index < -0.39 is 5.82 Å². The lowest BCUT2D eigenvalue weighted by Crippen LogP contribution is -2.49. The van der Waals surface area contributed by atoms with Crippen LogP contribution in [0.25, 0.3) is 27.6 Å². The van der Waals surface area contributed by atoms with E-state index in [1.165, 1.54) is 0 Å². The Kier molecular flexibility index (Phi) is 9.10. The van der Waals surface area contributed by atoms with Gasteiger partial charge in [-0.1, -0.05) is 42.5 Å². The predicted octanol–water partition coefficient (Wildman–Crippen LogP) is 5.20. The monoisotopic (exact) mass is 662 g/mol. The minimum atomic E-state index is -0.429. The van der Waals surface area contributed by atoms with Crippen molar-refractivity contribution in [2.45, 2.75) is 32.7 Å². The fourth-order valence-corrected chi connectivity index (χ4v) is 6.87. The normalized spacial score (nSPS) is 15.1. The first-order chi connectivity index (χ1) is 23.9. The van der Waals surface area contributed by atoms with E-state index in [1.54, 1.807) is 46.2 Å². The molecule has 1 N–H and O–H groups in total. The minimum absolute atomic E-state index is 0.0199. The van der Waals surface area contributed by atoms with Gasteiger partial charge in [0.2, 0.25) is 5.91 Å². The summed E-state index contributed by atoms with van der Waals surface area (Å²) in [7, 11) is 1.62. The molecule has 0 saturated carbocycles. The number of anilines is 1. The van der Waals surface area contributed by atoms with E-state index in [4.69, 9.17) is 4.74 Å². The molecular weight excluding hydrogens is 623 g/mol. The van der Waals surface area contributed by atoms with Crippen molar-refractivity contribution in [3.8, 4) is 16.9 Å². The number of piperazine rings is 1. The van der Waals surface area contributed by atoms with Gasteiger partial charge < -0.3 is 24.4 Å². The highest BCUT2D eigenvalue weighted by molar-refractivity contribution is 6.05. The molecule has 252 valence electrons. The number of pyridine rings is 1. The Bertz CT molecular complexity index is 2010. The van der Waals surface area contributed by atoms with E-state index in [0.717, 1.165) is 34.5 Å². The van der Waals surface area contributed by atoms with Crippen LogP contribution in [0.1, 0.15) is 41.4 Å². The zero-order valence-electron chi connectivity index (χ0n) is 27.7. The Morgan fingerprint density at radius 3 is 2.57 bits per heavy atom. The molecule has 2 aliphatic heterocycles. The van der Waals surface area contributed by atoms with Gasteiger partial charge in [-0.3, -0.25) is 14.3 Å². The van der Waals surface area contributed by atoms with Crippen LogP contribution in [0.2, 0.25) is 0 Å². The van der Waals surface area contributed by atoms with Crippen molar-refractivity contribution in [3.05, 3.63) is 95.8 Å². The summed E-state index contributed by atoms with van der Waals surface area (Å²) in [4.78, 5) is 40.5. The van der Waals surface area contributed by atoms with Crippen LogP contribution >= 0.6 is 0 Å². The molecule has 1 fully saturated rings. The van der Waals surface area contributed by atoms with Gasteiger partial charge in [0.05, 0.1) is 25.4 Å². The van der Waals surface area contributed by atoms with E-state index in [-0.39, 0.29) is 23.8 Å². The number of H-pyrrole nitrogens is 1. The van der Waals surface area contributed by atoms with Crippen molar-refractivity contribution in [3.63, 3.8) is 0 Å². The van der Waals surface area contributed by atoms with Crippen LogP contribution < -0.4 is 9.64 Å². The Morgan fingerprint density at radius 1 is 0.959 bits per heavy atom. The number of hydrogen-bond acceptors (Lipinski definition) is 7. The highest BCUT2D eigenvalue weighted by Gasteiger charge is 2.28. The van der Waals surface area contributed by atoms with Crippen LogP contribution in [-0.2, 0) is 17.8 Å². The third-order valence-corrected chi connectivity index (χ3v) is 9.48. The summed E-state index contributed by atoms with van der Waals surface area (Å²) in [5.41, 5.74) is 4.77. The summed E-state index contributed by atoms with van der Waals surface area (Å²) in [5, 5.41) is 8.41. The summed E-state index contributed by atoms with van der Waals surface area (Å²) in [6, 6.07) is 15.5. The summed E-state index contributed by atoms with van der Waals surface area (Å²) in [6.07, 6.45) is 8.75. The number of aromatic nitrogens is 5. The van der Waals surface area contributed by atoms with E-state index in [1.807, 2.05) is 42.5 Å². The van der Waals surface area contributed by atoms with Crippen molar-refractivity contribution in [1.82, 2.24) is 34.8 Å². The number of hydrogen-bond donors (Lipinski definition) is 1. The van der Waals surface area contributed by atoms with Gasteiger partial charge in [0.25, 0.3) is 5.91 Å². The van der Waals surface area contributed by atoms with Gasteiger partial charge in [-0.05, 0) is 59.4 Å². The first kappa shape index (κ1) is 32.0. The number of halogens is 1. The van der Waals surface area contributed by atoms with Crippen LogP contribution in [0.15, 0.2) is 73.2 Å². The lowest BCUT2D eigenvalue weighted by atomic mass is 9.90. The van der Waals surface area contributed by atoms with Crippen LogP contribution in [-0.4, -0.2) is 93.0 Å². The smallest absolute Gasteiger partial charge is 0.270 e. The number of aryl methyl sites for hydroxylation is 2. The first-order valence-corrected chi connectivity index (χ1v) is 16.7. The predicted molar refractivity (Wildman–Crippen MR) is 186 cm³/mol. The molecule has 2 amide bonds. The zero-order valence-corrected chi connectivity index (χ0v) is 27.7. The van der Waals surface area contributed by atoms with Crippen molar-refractivity contribution < 1.29 is 18.7 Å². The van der Waals surface area contributed by atoms with Gasteiger partial charge in [-0.25, -0.2) is 9.37 Å². The maximum atomic E-state index is 16.7. The molecule has 0 atom stereocenters. The summed E-state index contributed by atoms with van der Waals surface area (Å²) >= 11 is 0. The Morgan fingerprint density at radius 2 is 1.80 bits per heavy atom. The molecule has 2 aliphatic rings. The van der Waals surface area contributed by atoms with E-state index in [2.05, 4.69) is 38.2 Å². The molecule has 0 spiro atoms. The van der Waals surface area contributed by atoms with Gasteiger partial charge in [0.15, 0.2) is 17.4 Å². The van der Waals surface area contributed by atoms with Gasteiger partial charge in [0, 0.05) is 69.0 Å². The van der Waals surface area contributed by atoms with Gasteiger partial charge in [0.1, 0.15) is 5.69 Å². The lowest BCUT2D eigenvalue weighted by molar-refractivity contribution is -0.131. The number of methoxy groups -OCH3 is 1. The second-order valence-electron chi connectivity index (χ2n) is 12.3. The Balaban J connectivity index is 1.19. The summed E-state index contributed by atoms with van der Waals surface area (Å²) in [5.74, 6) is 0.816. The third-order valence-electron chi connectivity index (χ3n) is 9.48. The number of rotatable bonds is 9. The molecule has 1 saturated heterocycles. The summed E-state index contributed by atoms with van der Waals surface area (Å²) < 4.78 is 23.8. The number of carbonyl (C=O) groups is 2. The molecule has 7 rings (SSSR count). The fraction of sp³-hybridized carbons (Fsp3) is 0.324. The topological polar surface area (TPSA) is 112 Å². The standard InChI is InChI=1S/C37H39FN8O3/c1-3-25-8-4-5-10-27(25)29-22-28(26-9-7-15-45(24-26)33(47)12-16-46-17-14-40-42-46)34(38)35-30(29)23-31(41-35)37(48)44-20-18-43(19-21-44)36-32(49-2)11-6-13-39-36/h4-6,8-11,13-14,17,22-23,41H,3,7,12,15-16,18-21,24H2,1-2H3. The number of nitrogens with zero attached hydrogens (tertiary/aromatic N) is 7. The molecule has 5 heterocycles. The lowest BCUT2D eigenvalue weighted by Gasteiger charge is -2.35. The molecule has 49 heavy (non-hydrogen) atoms. The number of aromatic amines is 1. The third kappa shape index (κ3) is 6.38. The molecule has 0 unspecified atom stereocenters. The SMILES string of the molecule is CCc1ccccc1-c1cc(C2=CCCN(C(=O)CCn3ccnn3)C2)c(F)c2[nH]c(C(=O)N3CCN(c4ncccc4OC)CC3)cc12. The molecule has 0 radical (unpaired) electrons. The van der Waals surface area contributed by atoms with E-state index in [0.29, 0.717) is 74.6 Å². The molecule has 5 aromatic rings. The second kappa shape index (κ2) is 13.9. The molecule has 12 heteroatoms. The van der Waals surface area contributed by atoms with E-state index >= 15 is 4.39 Å². The maximum absolute atomic E-state index is 16.7. The number of ether oxygens (including phenoxy) is 1. The minimum Gasteiger partial charge on any atom is -0.493 e. The molecule has 0 bridgehead atoms. The Labute approximate surface area is 284 Å². The molecule has 11 nitrogen and oxygen atoms in total. The average Bonchev–Trinajstić information content (AvgIpc) is 3.85. The average molecular weight is 663 g/mol. The number of benzene rings is 2. The van der Waals surface area contributed by atoms with Crippen LogP contribution in [0.4, 0.5) is 10.2 Å². The molecule has 2 aromatic carbocycles. The first-order valence-electron chi connectivity index (χ1n) is 16.7. The number of amides is 2. The molecule has 0 aliphatic carbocycles. The van der Waals surface area contributed by atoms with Gasteiger partial charge in [-0.2, -0.15) is 0 Å². The van der Waals surface area contributed by atoms with E-state index in [9.17, 15) is 9.59 Å². The van der Waals surface area contributed by atoms with Crippen LogP contribution in [0, 0.1) is 5.82 Å². The largest absolute Gasteiger partial charge is 0.493 e. The quantitative estimate of drug-likeness (QED) is 0.231. The van der Waals surface area contributed by atoms with Crippen molar-refractivity contribution >= 4 is 34.1 Å². The van der Waals surface area contributed by atoms with Gasteiger partial charge in [-0.15, -0.1) is 5.10 Å².